The number of aromatic nitrogens is 3. The fourth-order valence-corrected chi connectivity index (χ4v) is 5.82. The number of hydrogen-bond acceptors (Lipinski definition) is 7. The molecule has 0 saturated carbocycles. The lowest BCUT2D eigenvalue weighted by Crippen LogP contribution is -2.29. The normalized spacial score (nSPS) is 16.8. The maximum Gasteiger partial charge on any atom is 0.573 e. The number of thioether (sulfide) groups is 1. The molecule has 10 nitrogen and oxygen atoms in total. The summed E-state index contributed by atoms with van der Waals surface area (Å²) in [5.41, 5.74) is 7.55. The zero-order chi connectivity index (χ0) is 30.8. The van der Waals surface area contributed by atoms with Crippen LogP contribution < -0.4 is 19.9 Å². The summed E-state index contributed by atoms with van der Waals surface area (Å²) in [6, 6.07) is 17.8. The molecule has 44 heavy (non-hydrogen) atoms. The topological polar surface area (TPSA) is 103 Å². The highest BCUT2D eigenvalue weighted by Crippen LogP contribution is 2.44. The summed E-state index contributed by atoms with van der Waals surface area (Å²) in [6.07, 6.45) is -1.12. The van der Waals surface area contributed by atoms with Crippen LogP contribution in [-0.2, 0) is 11.4 Å². The number of fused-ring (bicyclic) bond motifs is 3. The second-order valence-corrected chi connectivity index (χ2v) is 10.8. The standard InChI is InChI=1S/C30H25F3N6O4S/c1-18-13-22-16-44-29(39(22)26-14-24(41-2)11-12-25(18)26)35-28(40)37-42-15-19-3-5-20(6-4-19)27-34-17-38(36-27)21-7-9-23(10-8-21)43-30(31,32)33/h3-14,17-18H,15-16H2,1-2H3,(H,37,40)/b35-29-. The average molecular weight is 623 g/mol. The number of amides is 2. The highest BCUT2D eigenvalue weighted by atomic mass is 32.2. The number of rotatable bonds is 7. The number of urea groups is 1. The van der Waals surface area contributed by atoms with Crippen molar-refractivity contribution >= 4 is 28.6 Å². The van der Waals surface area contributed by atoms with Gasteiger partial charge >= 0.3 is 12.4 Å². The Labute approximate surface area is 254 Å². The maximum absolute atomic E-state index is 12.6. The summed E-state index contributed by atoms with van der Waals surface area (Å²) >= 11 is 1.48. The fourth-order valence-electron chi connectivity index (χ4n) is 4.82. The Kier molecular flexibility index (Phi) is 8.01. The SMILES string of the molecule is COc1ccc2c(c1)N1C(=CC2C)CS/C1=N\C(=O)NOCc1ccc(-c2ncn(-c3ccc(OC(F)(F)F)cc3)n2)cc1. The molecule has 4 aromatic rings. The summed E-state index contributed by atoms with van der Waals surface area (Å²) in [6.45, 7) is 2.24. The van der Waals surface area contributed by atoms with Gasteiger partial charge in [0.2, 0.25) is 0 Å². The molecular formula is C30H25F3N6O4S. The van der Waals surface area contributed by atoms with Crippen LogP contribution >= 0.6 is 11.8 Å². The Morgan fingerprint density at radius 2 is 1.84 bits per heavy atom. The molecule has 6 rings (SSSR count). The number of hydroxylamine groups is 1. The Bertz CT molecular complexity index is 1740. The Morgan fingerprint density at radius 3 is 2.57 bits per heavy atom. The van der Waals surface area contributed by atoms with E-state index in [1.165, 1.54) is 47.0 Å². The number of carbonyl (C=O) groups excluding carboxylic acids is 1. The molecule has 0 bridgehead atoms. The van der Waals surface area contributed by atoms with Crippen molar-refractivity contribution < 1.29 is 32.3 Å². The number of ether oxygens (including phenoxy) is 2. The highest BCUT2D eigenvalue weighted by molar-refractivity contribution is 8.14. The van der Waals surface area contributed by atoms with Crippen molar-refractivity contribution in [1.29, 1.82) is 0 Å². The molecule has 14 heteroatoms. The van der Waals surface area contributed by atoms with Crippen LogP contribution in [0.15, 0.2) is 89.8 Å². The van der Waals surface area contributed by atoms with Gasteiger partial charge in [-0.2, -0.15) is 4.99 Å². The van der Waals surface area contributed by atoms with Crippen molar-refractivity contribution in [3.05, 3.63) is 96.0 Å². The van der Waals surface area contributed by atoms with Crippen LogP contribution in [0.4, 0.5) is 23.7 Å². The summed E-state index contributed by atoms with van der Waals surface area (Å²) in [7, 11) is 1.62. The second kappa shape index (κ2) is 12.1. The zero-order valence-electron chi connectivity index (χ0n) is 23.4. The number of nitrogens with one attached hydrogen (secondary N) is 1. The van der Waals surface area contributed by atoms with E-state index in [-0.39, 0.29) is 18.3 Å². The predicted molar refractivity (Wildman–Crippen MR) is 159 cm³/mol. The van der Waals surface area contributed by atoms with Gasteiger partial charge in [-0.05, 0) is 41.5 Å². The van der Waals surface area contributed by atoms with Crippen LogP contribution in [0.1, 0.15) is 24.0 Å². The molecule has 2 amide bonds. The molecule has 226 valence electrons. The number of carbonyl (C=O) groups is 1. The van der Waals surface area contributed by atoms with Gasteiger partial charge in [0.25, 0.3) is 0 Å². The Hall–Kier alpha value is -4.82. The van der Waals surface area contributed by atoms with E-state index in [0.717, 1.165) is 33.8 Å². The quantitative estimate of drug-likeness (QED) is 0.230. The van der Waals surface area contributed by atoms with Gasteiger partial charge in [-0.15, -0.1) is 18.3 Å². The lowest BCUT2D eigenvalue weighted by atomic mass is 9.94. The van der Waals surface area contributed by atoms with Crippen molar-refractivity contribution in [3.8, 4) is 28.6 Å². The molecule has 2 aliphatic rings. The van der Waals surface area contributed by atoms with Crippen LogP contribution in [0.25, 0.3) is 17.1 Å². The minimum absolute atomic E-state index is 0.102. The summed E-state index contributed by atoms with van der Waals surface area (Å²) < 4.78 is 47.9. The molecule has 0 aliphatic carbocycles. The lowest BCUT2D eigenvalue weighted by molar-refractivity contribution is -0.274. The number of halogens is 3. The van der Waals surface area contributed by atoms with Crippen molar-refractivity contribution in [2.24, 2.45) is 4.99 Å². The third kappa shape index (κ3) is 6.40. The van der Waals surface area contributed by atoms with Gasteiger partial charge in [0, 0.05) is 29.0 Å². The number of methoxy groups -OCH3 is 1. The van der Waals surface area contributed by atoms with Crippen LogP contribution in [0.3, 0.4) is 0 Å². The van der Waals surface area contributed by atoms with E-state index < -0.39 is 12.4 Å². The number of nitrogens with zero attached hydrogens (tertiary/aromatic N) is 5. The van der Waals surface area contributed by atoms with Gasteiger partial charge in [-0.3, -0.25) is 9.74 Å². The maximum atomic E-state index is 12.6. The van der Waals surface area contributed by atoms with Crippen LogP contribution in [0.2, 0.25) is 0 Å². The number of benzene rings is 3. The zero-order valence-corrected chi connectivity index (χ0v) is 24.2. The van der Waals surface area contributed by atoms with Gasteiger partial charge in [-0.1, -0.05) is 55.1 Å². The number of hydrogen-bond donors (Lipinski definition) is 1. The van der Waals surface area contributed by atoms with Gasteiger partial charge in [0.05, 0.1) is 25.1 Å². The molecule has 0 spiro atoms. The van der Waals surface area contributed by atoms with E-state index in [1.807, 2.05) is 23.1 Å². The second-order valence-electron chi connectivity index (χ2n) is 9.84. The molecule has 3 heterocycles. The molecule has 1 fully saturated rings. The van der Waals surface area contributed by atoms with E-state index >= 15 is 0 Å². The van der Waals surface area contributed by atoms with Crippen molar-refractivity contribution in [3.63, 3.8) is 0 Å². The van der Waals surface area contributed by atoms with Crippen LogP contribution in [-0.4, -0.2) is 45.2 Å². The number of amidine groups is 1. The average Bonchev–Trinajstić information content (AvgIpc) is 3.65. The van der Waals surface area contributed by atoms with E-state index in [0.29, 0.717) is 22.4 Å². The molecule has 3 aromatic carbocycles. The number of alkyl halides is 3. The molecule has 2 aliphatic heterocycles. The molecule has 1 N–H and O–H groups in total. The van der Waals surface area contributed by atoms with E-state index in [2.05, 4.69) is 38.3 Å². The molecule has 1 atom stereocenters. The summed E-state index contributed by atoms with van der Waals surface area (Å²) in [5.74, 6) is 1.77. The first-order valence-electron chi connectivity index (χ1n) is 13.4. The third-order valence-corrected chi connectivity index (χ3v) is 7.85. The minimum atomic E-state index is -4.76. The predicted octanol–water partition coefficient (Wildman–Crippen LogP) is 6.59. The number of aliphatic imine (C=N–C) groups is 1. The Balaban J connectivity index is 1.05. The largest absolute Gasteiger partial charge is 0.573 e. The van der Waals surface area contributed by atoms with E-state index in [4.69, 9.17) is 9.57 Å². The van der Waals surface area contributed by atoms with Gasteiger partial charge < -0.3 is 9.47 Å². The first kappa shape index (κ1) is 29.3. The first-order chi connectivity index (χ1) is 21.2. The van der Waals surface area contributed by atoms with Crippen LogP contribution in [0, 0.1) is 0 Å². The van der Waals surface area contributed by atoms with Crippen molar-refractivity contribution in [2.75, 3.05) is 17.8 Å². The van der Waals surface area contributed by atoms with Gasteiger partial charge in [0.15, 0.2) is 11.0 Å². The lowest BCUT2D eigenvalue weighted by Gasteiger charge is -2.30. The third-order valence-electron chi connectivity index (χ3n) is 6.87. The fraction of sp³-hybridized carbons (Fsp3) is 0.200. The van der Waals surface area contributed by atoms with Gasteiger partial charge in [-0.25, -0.2) is 19.9 Å². The van der Waals surface area contributed by atoms with Crippen molar-refractivity contribution in [1.82, 2.24) is 20.2 Å². The number of anilines is 1. The minimum Gasteiger partial charge on any atom is -0.497 e. The highest BCUT2D eigenvalue weighted by Gasteiger charge is 2.34. The van der Waals surface area contributed by atoms with Crippen molar-refractivity contribution in [2.45, 2.75) is 25.8 Å². The first-order valence-corrected chi connectivity index (χ1v) is 14.3. The van der Waals surface area contributed by atoms with Gasteiger partial charge in [0.1, 0.15) is 17.8 Å². The molecular weight excluding hydrogens is 597 g/mol. The van der Waals surface area contributed by atoms with E-state index in [1.54, 1.807) is 31.4 Å². The van der Waals surface area contributed by atoms with Crippen LogP contribution in [0.5, 0.6) is 11.5 Å². The molecule has 0 radical (unpaired) electrons. The molecule has 1 saturated heterocycles. The smallest absolute Gasteiger partial charge is 0.497 e. The molecule has 1 aromatic heterocycles. The molecule has 1 unspecified atom stereocenters. The monoisotopic (exact) mass is 622 g/mol. The summed E-state index contributed by atoms with van der Waals surface area (Å²) in [5, 5.41) is 4.95. The summed E-state index contributed by atoms with van der Waals surface area (Å²) in [4.78, 5) is 28.5. The number of allylic oxidation sites excluding steroid dienone is 1. The van der Waals surface area contributed by atoms with E-state index in [9.17, 15) is 18.0 Å². The Morgan fingerprint density at radius 1 is 1.09 bits per heavy atom.